The van der Waals surface area contributed by atoms with Crippen molar-refractivity contribution in [2.24, 2.45) is 0 Å². The standard InChI is InChI=1S/C11H19NO2/c1-11(13,10-6-4-8-14-10)9-5-2-3-7-12-9/h6,9,12-13H,2-5,7-8H2,1H3. The average molecular weight is 197 g/mol. The van der Waals surface area contributed by atoms with Crippen LogP contribution in [0.15, 0.2) is 11.8 Å². The first-order chi connectivity index (χ1) is 6.71. The molecule has 1 fully saturated rings. The molecule has 2 unspecified atom stereocenters. The fraction of sp³-hybridized carbons (Fsp3) is 0.818. The molecule has 2 rings (SSSR count). The second-order valence-electron chi connectivity index (χ2n) is 4.36. The van der Waals surface area contributed by atoms with E-state index in [-0.39, 0.29) is 6.04 Å². The molecule has 0 aliphatic carbocycles. The first-order valence-corrected chi connectivity index (χ1v) is 5.50. The van der Waals surface area contributed by atoms with Crippen LogP contribution in [0.4, 0.5) is 0 Å². The smallest absolute Gasteiger partial charge is 0.133 e. The molecule has 3 heteroatoms. The van der Waals surface area contributed by atoms with E-state index in [0.717, 1.165) is 31.8 Å². The Hall–Kier alpha value is -0.540. The number of nitrogens with one attached hydrogen (secondary N) is 1. The van der Waals surface area contributed by atoms with Gasteiger partial charge < -0.3 is 15.2 Å². The molecule has 0 aromatic rings. The fourth-order valence-corrected chi connectivity index (χ4v) is 2.27. The van der Waals surface area contributed by atoms with Gasteiger partial charge in [-0.25, -0.2) is 0 Å². The third kappa shape index (κ3) is 1.79. The Kier molecular flexibility index (Phi) is 2.79. The topological polar surface area (TPSA) is 41.5 Å². The molecule has 2 N–H and O–H groups in total. The Morgan fingerprint density at radius 3 is 3.00 bits per heavy atom. The summed E-state index contributed by atoms with van der Waals surface area (Å²) < 4.78 is 5.44. The molecule has 0 spiro atoms. The van der Waals surface area contributed by atoms with Gasteiger partial charge in [-0.05, 0) is 32.4 Å². The van der Waals surface area contributed by atoms with Crippen molar-refractivity contribution in [2.45, 2.75) is 44.2 Å². The van der Waals surface area contributed by atoms with E-state index in [2.05, 4.69) is 5.32 Å². The highest BCUT2D eigenvalue weighted by molar-refractivity contribution is 5.16. The minimum atomic E-state index is -0.822. The van der Waals surface area contributed by atoms with Gasteiger partial charge in [0.2, 0.25) is 0 Å². The van der Waals surface area contributed by atoms with E-state index in [0.29, 0.717) is 0 Å². The van der Waals surface area contributed by atoms with E-state index in [4.69, 9.17) is 4.74 Å². The van der Waals surface area contributed by atoms with Gasteiger partial charge in [-0.15, -0.1) is 0 Å². The third-order valence-electron chi connectivity index (χ3n) is 3.19. The molecule has 2 aliphatic rings. The molecule has 2 atom stereocenters. The molecule has 14 heavy (non-hydrogen) atoms. The van der Waals surface area contributed by atoms with Crippen molar-refractivity contribution in [1.29, 1.82) is 0 Å². The Bertz CT molecular complexity index is 229. The van der Waals surface area contributed by atoms with Gasteiger partial charge in [0.05, 0.1) is 6.61 Å². The van der Waals surface area contributed by atoms with E-state index in [1.807, 2.05) is 13.0 Å². The summed E-state index contributed by atoms with van der Waals surface area (Å²) in [6, 6.07) is 0.153. The van der Waals surface area contributed by atoms with Crippen LogP contribution in [0.1, 0.15) is 32.6 Å². The number of hydrogen-bond acceptors (Lipinski definition) is 3. The van der Waals surface area contributed by atoms with Gasteiger partial charge in [0.25, 0.3) is 0 Å². The quantitative estimate of drug-likeness (QED) is 0.698. The maximum Gasteiger partial charge on any atom is 0.133 e. The summed E-state index contributed by atoms with van der Waals surface area (Å²) in [6.07, 6.45) is 6.38. The van der Waals surface area contributed by atoms with E-state index in [1.165, 1.54) is 12.8 Å². The lowest BCUT2D eigenvalue weighted by Crippen LogP contribution is -2.52. The van der Waals surface area contributed by atoms with Crippen molar-refractivity contribution in [3.8, 4) is 0 Å². The van der Waals surface area contributed by atoms with Gasteiger partial charge in [0.15, 0.2) is 0 Å². The molecule has 2 aliphatic heterocycles. The second-order valence-corrected chi connectivity index (χ2v) is 4.36. The number of ether oxygens (including phenoxy) is 1. The van der Waals surface area contributed by atoms with Crippen LogP contribution in [-0.2, 0) is 4.74 Å². The highest BCUT2D eigenvalue weighted by atomic mass is 16.5. The maximum absolute atomic E-state index is 10.4. The van der Waals surface area contributed by atoms with Gasteiger partial charge in [-0.3, -0.25) is 0 Å². The molecule has 0 radical (unpaired) electrons. The van der Waals surface area contributed by atoms with Crippen molar-refractivity contribution >= 4 is 0 Å². The summed E-state index contributed by atoms with van der Waals surface area (Å²) >= 11 is 0. The fourth-order valence-electron chi connectivity index (χ4n) is 2.27. The summed E-state index contributed by atoms with van der Waals surface area (Å²) in [5, 5.41) is 13.7. The van der Waals surface area contributed by atoms with Crippen LogP contribution >= 0.6 is 0 Å². The highest BCUT2D eigenvalue weighted by Gasteiger charge is 2.38. The molecule has 3 nitrogen and oxygen atoms in total. The lowest BCUT2D eigenvalue weighted by Gasteiger charge is -2.36. The molecule has 0 bridgehead atoms. The van der Waals surface area contributed by atoms with Crippen LogP contribution in [0.2, 0.25) is 0 Å². The number of hydrogen-bond donors (Lipinski definition) is 2. The molecule has 0 aromatic heterocycles. The Labute approximate surface area is 85.1 Å². The van der Waals surface area contributed by atoms with Gasteiger partial charge in [-0.2, -0.15) is 0 Å². The molecule has 0 amide bonds. The van der Waals surface area contributed by atoms with Crippen LogP contribution < -0.4 is 5.32 Å². The minimum absolute atomic E-state index is 0.153. The van der Waals surface area contributed by atoms with Crippen LogP contribution in [0.25, 0.3) is 0 Å². The zero-order valence-electron chi connectivity index (χ0n) is 8.75. The summed E-state index contributed by atoms with van der Waals surface area (Å²) in [5.74, 6) is 0.761. The maximum atomic E-state index is 10.4. The molecule has 80 valence electrons. The normalized spacial score (nSPS) is 31.9. The van der Waals surface area contributed by atoms with Crippen LogP contribution in [0.3, 0.4) is 0 Å². The van der Waals surface area contributed by atoms with Crippen LogP contribution in [0, 0.1) is 0 Å². The van der Waals surface area contributed by atoms with E-state index >= 15 is 0 Å². The summed E-state index contributed by atoms with van der Waals surface area (Å²) in [5.41, 5.74) is -0.822. The summed E-state index contributed by atoms with van der Waals surface area (Å²) in [7, 11) is 0. The first-order valence-electron chi connectivity index (χ1n) is 5.50. The monoisotopic (exact) mass is 197 g/mol. The van der Waals surface area contributed by atoms with E-state index < -0.39 is 5.60 Å². The molecule has 0 aromatic carbocycles. The van der Waals surface area contributed by atoms with Gasteiger partial charge >= 0.3 is 0 Å². The highest BCUT2D eigenvalue weighted by Crippen LogP contribution is 2.29. The zero-order chi connectivity index (χ0) is 10.0. The Balaban J connectivity index is 2.05. The van der Waals surface area contributed by atoms with Crippen molar-refractivity contribution in [3.63, 3.8) is 0 Å². The van der Waals surface area contributed by atoms with E-state index in [9.17, 15) is 5.11 Å². The molecule has 0 saturated carbocycles. The van der Waals surface area contributed by atoms with E-state index in [1.54, 1.807) is 0 Å². The second kappa shape index (κ2) is 3.91. The van der Waals surface area contributed by atoms with Crippen molar-refractivity contribution in [2.75, 3.05) is 13.2 Å². The minimum Gasteiger partial charge on any atom is -0.495 e. The van der Waals surface area contributed by atoms with Gasteiger partial charge in [0, 0.05) is 12.5 Å². The van der Waals surface area contributed by atoms with Crippen molar-refractivity contribution in [1.82, 2.24) is 5.32 Å². The predicted molar refractivity (Wildman–Crippen MR) is 54.9 cm³/mol. The molecule has 2 heterocycles. The SMILES string of the molecule is CC(O)(C1=CCCO1)C1CCCCN1. The first kappa shape index (κ1) is 9.99. The van der Waals surface area contributed by atoms with Gasteiger partial charge in [0.1, 0.15) is 11.4 Å². The largest absolute Gasteiger partial charge is 0.495 e. The lowest BCUT2D eigenvalue weighted by atomic mass is 9.88. The lowest BCUT2D eigenvalue weighted by molar-refractivity contribution is -0.00427. The average Bonchev–Trinajstić information content (AvgIpc) is 2.72. The molecular weight excluding hydrogens is 178 g/mol. The van der Waals surface area contributed by atoms with Gasteiger partial charge in [-0.1, -0.05) is 6.42 Å². The van der Waals surface area contributed by atoms with Crippen LogP contribution in [0.5, 0.6) is 0 Å². The number of rotatable bonds is 2. The van der Waals surface area contributed by atoms with Crippen LogP contribution in [-0.4, -0.2) is 29.9 Å². The summed E-state index contributed by atoms with van der Waals surface area (Å²) in [4.78, 5) is 0. The number of piperidine rings is 1. The zero-order valence-corrected chi connectivity index (χ0v) is 8.75. The molecular formula is C11H19NO2. The molecule has 1 saturated heterocycles. The predicted octanol–water partition coefficient (Wildman–Crippen LogP) is 1.18. The summed E-state index contributed by atoms with van der Waals surface area (Å²) in [6.45, 7) is 3.58. The van der Waals surface area contributed by atoms with Crippen molar-refractivity contribution < 1.29 is 9.84 Å². The Morgan fingerprint density at radius 1 is 1.57 bits per heavy atom. The number of aliphatic hydroxyl groups is 1. The van der Waals surface area contributed by atoms with Crippen molar-refractivity contribution in [3.05, 3.63) is 11.8 Å². The Morgan fingerprint density at radius 2 is 2.43 bits per heavy atom. The third-order valence-corrected chi connectivity index (χ3v) is 3.19.